The third kappa shape index (κ3) is 7.51. The third-order valence-electron chi connectivity index (χ3n) is 7.66. The number of likely N-dealkylation sites (tertiary alicyclic amines) is 1. The summed E-state index contributed by atoms with van der Waals surface area (Å²) in [7, 11) is -1.22. The van der Waals surface area contributed by atoms with Crippen LogP contribution < -0.4 is 10.6 Å². The van der Waals surface area contributed by atoms with Crippen molar-refractivity contribution in [3.05, 3.63) is 18.0 Å². The number of nitrogens with one attached hydrogen (secondary N) is 2. The fourth-order valence-electron chi connectivity index (χ4n) is 4.91. The zero-order chi connectivity index (χ0) is 29.4. The minimum atomic E-state index is -1.22. The second-order valence-electron chi connectivity index (χ2n) is 14.3. The van der Waals surface area contributed by atoms with Crippen LogP contribution in [0.2, 0.25) is 25.7 Å². The summed E-state index contributed by atoms with van der Waals surface area (Å²) in [5, 5.41) is 16.4. The van der Waals surface area contributed by atoms with Gasteiger partial charge in [-0.15, -0.1) is 0 Å². The van der Waals surface area contributed by atoms with E-state index in [1.54, 1.807) is 17.3 Å². The van der Waals surface area contributed by atoms with Crippen LogP contribution in [0.3, 0.4) is 0 Å². The molecule has 3 heterocycles. The Hall–Kier alpha value is -2.66. The van der Waals surface area contributed by atoms with E-state index in [1.807, 2.05) is 32.3 Å². The van der Waals surface area contributed by atoms with Crippen molar-refractivity contribution < 1.29 is 19.4 Å². The van der Waals surface area contributed by atoms with Crippen LogP contribution in [0.25, 0.3) is 11.2 Å². The molecule has 1 aliphatic rings. The summed E-state index contributed by atoms with van der Waals surface area (Å²) in [4.78, 5) is 36.3. The number of anilines is 1. The molecule has 10 nitrogen and oxygen atoms in total. The van der Waals surface area contributed by atoms with Gasteiger partial charge in [-0.3, -0.25) is 4.79 Å². The van der Waals surface area contributed by atoms with Gasteiger partial charge in [0.2, 0.25) is 0 Å². The summed E-state index contributed by atoms with van der Waals surface area (Å²) in [6.07, 6.45) is 3.85. The molecule has 0 unspecified atom stereocenters. The molecule has 1 aliphatic heterocycles. The van der Waals surface area contributed by atoms with E-state index in [0.717, 1.165) is 6.04 Å². The first-order valence-corrected chi connectivity index (χ1v) is 17.5. The van der Waals surface area contributed by atoms with Crippen LogP contribution in [0, 0.1) is 5.41 Å². The average Bonchev–Trinajstić information content (AvgIpc) is 3.12. The van der Waals surface area contributed by atoms with Crippen LogP contribution >= 0.6 is 0 Å². The summed E-state index contributed by atoms with van der Waals surface area (Å²) in [5.41, 5.74) is 0.334. The topological polar surface area (TPSA) is 122 Å². The van der Waals surface area contributed by atoms with E-state index >= 15 is 0 Å². The van der Waals surface area contributed by atoms with Gasteiger partial charge in [-0.05, 0) is 52.0 Å². The second-order valence-corrected chi connectivity index (χ2v) is 19.9. The highest BCUT2D eigenvalue weighted by Gasteiger charge is 2.49. The number of amides is 2. The maximum absolute atomic E-state index is 13.2. The Kier molecular flexibility index (Phi) is 8.77. The first kappa shape index (κ1) is 30.9. The van der Waals surface area contributed by atoms with Crippen LogP contribution in [0.5, 0.6) is 0 Å². The molecule has 11 heteroatoms. The number of hydrogen-bond donors (Lipinski definition) is 3. The van der Waals surface area contributed by atoms with Crippen molar-refractivity contribution in [1.82, 2.24) is 24.8 Å². The molecule has 2 aromatic heterocycles. The molecular formula is C28H48N6O4Si. The summed E-state index contributed by atoms with van der Waals surface area (Å²) in [6.45, 7) is 22.4. The SMILES string of the molecule is CC(C)(C)NC(=O)c1cn(COCC[Si](C)(C)C)c2ncc(N[C@H]3CCN(C(=O)O)[C@](C)(C(C)(C)C)C3)nc12. The predicted molar refractivity (Wildman–Crippen MR) is 158 cm³/mol. The quantitative estimate of drug-likeness (QED) is 0.282. The molecule has 1 saturated heterocycles. The molecule has 0 aliphatic carbocycles. The van der Waals surface area contributed by atoms with Crippen molar-refractivity contribution in [2.24, 2.45) is 5.41 Å². The highest BCUT2D eigenvalue weighted by Crippen LogP contribution is 2.43. The standard InChI is InChI=1S/C28H48N6O4Si/c1-26(2,3)28(7)15-19(11-12-34(28)25(36)37)30-21-16-29-23-22(31-21)20(24(35)32-27(4,5)6)17-33(23)18-38-13-14-39(8,9)10/h16-17,19H,11-15,18H2,1-10H3,(H,30,31)(H,32,35)(H,36,37)/t19-,28-/m0/s1. The maximum Gasteiger partial charge on any atom is 0.407 e. The lowest BCUT2D eigenvalue weighted by Crippen LogP contribution is -2.62. The van der Waals surface area contributed by atoms with E-state index in [4.69, 9.17) is 9.72 Å². The zero-order valence-electron chi connectivity index (χ0n) is 25.4. The molecule has 0 saturated carbocycles. The Bertz CT molecular complexity index is 1190. The predicted octanol–water partition coefficient (Wildman–Crippen LogP) is 5.63. The van der Waals surface area contributed by atoms with Gasteiger partial charge in [0.05, 0.1) is 17.3 Å². The molecule has 2 atom stereocenters. The third-order valence-corrected chi connectivity index (χ3v) is 9.37. The lowest BCUT2D eigenvalue weighted by molar-refractivity contribution is -0.0151. The number of nitrogens with zero attached hydrogens (tertiary/aromatic N) is 4. The molecule has 3 rings (SSSR count). The molecule has 0 spiro atoms. The zero-order valence-corrected chi connectivity index (χ0v) is 26.4. The smallest absolute Gasteiger partial charge is 0.407 e. The molecule has 39 heavy (non-hydrogen) atoms. The summed E-state index contributed by atoms with van der Waals surface area (Å²) in [6, 6.07) is 1.06. The fourth-order valence-corrected chi connectivity index (χ4v) is 5.67. The summed E-state index contributed by atoms with van der Waals surface area (Å²) < 4.78 is 7.81. The molecule has 0 bridgehead atoms. The molecule has 1 fully saturated rings. The summed E-state index contributed by atoms with van der Waals surface area (Å²) >= 11 is 0. The van der Waals surface area contributed by atoms with Crippen LogP contribution in [0.4, 0.5) is 10.6 Å². The van der Waals surface area contributed by atoms with E-state index < -0.39 is 25.2 Å². The number of hydrogen-bond acceptors (Lipinski definition) is 6. The molecule has 3 N–H and O–H groups in total. The molecule has 2 aromatic rings. The number of ether oxygens (including phenoxy) is 1. The number of rotatable bonds is 8. The summed E-state index contributed by atoms with van der Waals surface area (Å²) in [5.74, 6) is 0.351. The largest absolute Gasteiger partial charge is 0.465 e. The van der Waals surface area contributed by atoms with Gasteiger partial charge in [0.25, 0.3) is 5.91 Å². The van der Waals surface area contributed by atoms with E-state index in [9.17, 15) is 14.7 Å². The van der Waals surface area contributed by atoms with Crippen molar-refractivity contribution in [1.29, 1.82) is 0 Å². The number of aromatic nitrogens is 3. The van der Waals surface area contributed by atoms with Crippen molar-refractivity contribution in [3.8, 4) is 0 Å². The van der Waals surface area contributed by atoms with E-state index in [2.05, 4.69) is 56.0 Å². The first-order chi connectivity index (χ1) is 17.8. The number of piperidine rings is 1. The van der Waals surface area contributed by atoms with Gasteiger partial charge in [0.1, 0.15) is 18.1 Å². The maximum atomic E-state index is 13.2. The Balaban J connectivity index is 1.89. The van der Waals surface area contributed by atoms with Gasteiger partial charge in [-0.2, -0.15) is 0 Å². The van der Waals surface area contributed by atoms with Crippen LogP contribution in [-0.4, -0.2) is 74.9 Å². The van der Waals surface area contributed by atoms with Gasteiger partial charge >= 0.3 is 6.09 Å². The molecular weight excluding hydrogens is 512 g/mol. The molecule has 0 aromatic carbocycles. The first-order valence-electron chi connectivity index (χ1n) is 13.8. The highest BCUT2D eigenvalue weighted by molar-refractivity contribution is 6.76. The Morgan fingerprint density at radius 1 is 1.21 bits per heavy atom. The monoisotopic (exact) mass is 560 g/mol. The second kappa shape index (κ2) is 11.1. The number of carboxylic acid groups (broad SMARTS) is 1. The lowest BCUT2D eigenvalue weighted by Gasteiger charge is -2.53. The van der Waals surface area contributed by atoms with E-state index in [1.165, 1.54) is 0 Å². The average molecular weight is 561 g/mol. The molecule has 0 radical (unpaired) electrons. The van der Waals surface area contributed by atoms with Gasteiger partial charge in [-0.1, -0.05) is 40.4 Å². The Labute approximate surface area is 233 Å². The van der Waals surface area contributed by atoms with Crippen LogP contribution in [0.15, 0.2) is 12.4 Å². The van der Waals surface area contributed by atoms with Gasteiger partial charge in [-0.25, -0.2) is 14.8 Å². The van der Waals surface area contributed by atoms with Crippen molar-refractivity contribution in [2.75, 3.05) is 18.5 Å². The number of fused-ring (bicyclic) bond motifs is 1. The Morgan fingerprint density at radius 2 is 1.87 bits per heavy atom. The number of carbonyl (C=O) groups excluding carboxylic acids is 1. The Morgan fingerprint density at radius 3 is 2.44 bits per heavy atom. The molecule has 2 amide bonds. The van der Waals surface area contributed by atoms with Gasteiger partial charge in [0, 0.05) is 39.0 Å². The van der Waals surface area contributed by atoms with Gasteiger partial charge in [0.15, 0.2) is 5.65 Å². The molecule has 218 valence electrons. The van der Waals surface area contributed by atoms with Crippen molar-refractivity contribution >= 4 is 37.1 Å². The van der Waals surface area contributed by atoms with Crippen molar-refractivity contribution in [2.45, 2.75) is 111 Å². The minimum Gasteiger partial charge on any atom is -0.465 e. The van der Waals surface area contributed by atoms with E-state index in [0.29, 0.717) is 55.3 Å². The lowest BCUT2D eigenvalue weighted by atomic mass is 9.68. The fraction of sp³-hybridized carbons (Fsp3) is 0.714. The minimum absolute atomic E-state index is 0.00964. The van der Waals surface area contributed by atoms with Crippen LogP contribution in [-0.2, 0) is 11.5 Å². The highest BCUT2D eigenvalue weighted by atomic mass is 28.3. The number of carbonyl (C=O) groups is 2. The van der Waals surface area contributed by atoms with E-state index in [-0.39, 0.29) is 17.4 Å². The van der Waals surface area contributed by atoms with Crippen LogP contribution in [0.1, 0.15) is 71.7 Å². The van der Waals surface area contributed by atoms with Crippen molar-refractivity contribution in [3.63, 3.8) is 0 Å². The van der Waals surface area contributed by atoms with Gasteiger partial charge < -0.3 is 29.9 Å². The normalized spacial score (nSPS) is 20.8.